The molecule has 21 heavy (non-hydrogen) atoms. The number of rotatable bonds is 4. The van der Waals surface area contributed by atoms with E-state index in [-0.39, 0.29) is 23.8 Å². The van der Waals surface area contributed by atoms with E-state index in [0.29, 0.717) is 25.4 Å². The van der Waals surface area contributed by atoms with Crippen LogP contribution in [0.1, 0.15) is 16.8 Å². The van der Waals surface area contributed by atoms with Crippen molar-refractivity contribution < 1.29 is 19.7 Å². The molecule has 1 fully saturated rings. The van der Waals surface area contributed by atoms with E-state index in [9.17, 15) is 9.90 Å². The van der Waals surface area contributed by atoms with Gasteiger partial charge in [0.15, 0.2) is 0 Å². The fraction of sp³-hybridized carbons (Fsp3) is 0.533. The topological polar surface area (TPSA) is 73.2 Å². The van der Waals surface area contributed by atoms with E-state index in [2.05, 4.69) is 4.90 Å². The Hall–Kier alpha value is -1.79. The normalized spacial score (nSPS) is 16.6. The molecule has 6 heteroatoms. The van der Waals surface area contributed by atoms with E-state index >= 15 is 0 Å². The lowest BCUT2D eigenvalue weighted by Gasteiger charge is -2.22. The van der Waals surface area contributed by atoms with Gasteiger partial charge in [-0.05, 0) is 31.2 Å². The molecule has 0 radical (unpaired) electrons. The molecule has 0 aliphatic carbocycles. The number of carbonyl (C=O) groups excluding carboxylic acids is 1. The Labute approximate surface area is 124 Å². The zero-order valence-corrected chi connectivity index (χ0v) is 12.3. The van der Waals surface area contributed by atoms with Crippen molar-refractivity contribution in [1.82, 2.24) is 9.80 Å². The summed E-state index contributed by atoms with van der Waals surface area (Å²) in [6, 6.07) is 4.66. The molecule has 0 saturated carbocycles. The van der Waals surface area contributed by atoms with Gasteiger partial charge >= 0.3 is 0 Å². The second-order valence-electron chi connectivity index (χ2n) is 5.09. The molecule has 6 nitrogen and oxygen atoms in total. The van der Waals surface area contributed by atoms with Crippen LogP contribution in [0, 0.1) is 0 Å². The van der Waals surface area contributed by atoms with Gasteiger partial charge in [0.25, 0.3) is 5.91 Å². The Balaban J connectivity index is 2.09. The largest absolute Gasteiger partial charge is 0.507 e. The molecule has 1 aromatic carbocycles. The van der Waals surface area contributed by atoms with E-state index < -0.39 is 0 Å². The molecule has 0 aromatic heterocycles. The molecular weight excluding hydrogens is 272 g/mol. The van der Waals surface area contributed by atoms with Gasteiger partial charge in [-0.25, -0.2) is 0 Å². The van der Waals surface area contributed by atoms with Crippen molar-refractivity contribution in [2.24, 2.45) is 0 Å². The van der Waals surface area contributed by atoms with Crippen LogP contribution in [0.25, 0.3) is 0 Å². The maximum atomic E-state index is 12.5. The van der Waals surface area contributed by atoms with Crippen LogP contribution in [0.15, 0.2) is 18.2 Å². The summed E-state index contributed by atoms with van der Waals surface area (Å²) in [6.45, 7) is 3.61. The molecule has 0 atom stereocenters. The highest BCUT2D eigenvalue weighted by atomic mass is 16.5. The summed E-state index contributed by atoms with van der Waals surface area (Å²) in [5.74, 6) is 0.336. The number of methoxy groups -OCH3 is 1. The van der Waals surface area contributed by atoms with Gasteiger partial charge in [0.2, 0.25) is 0 Å². The van der Waals surface area contributed by atoms with Crippen molar-refractivity contribution in [3.63, 3.8) is 0 Å². The summed E-state index contributed by atoms with van der Waals surface area (Å²) in [6.07, 6.45) is 0.858. The number of aliphatic hydroxyl groups is 1. The first kappa shape index (κ1) is 15.6. The third-order valence-electron chi connectivity index (χ3n) is 3.73. The van der Waals surface area contributed by atoms with Gasteiger partial charge in [-0.2, -0.15) is 0 Å². The smallest absolute Gasteiger partial charge is 0.257 e. The molecule has 116 valence electrons. The predicted molar refractivity (Wildman–Crippen MR) is 78.7 cm³/mol. The van der Waals surface area contributed by atoms with Gasteiger partial charge < -0.3 is 19.8 Å². The van der Waals surface area contributed by atoms with Gasteiger partial charge in [0.05, 0.1) is 19.3 Å². The Bertz CT molecular complexity index is 493. The molecule has 0 unspecified atom stereocenters. The molecule has 1 aliphatic heterocycles. The quantitative estimate of drug-likeness (QED) is 0.848. The number of hydrogen-bond acceptors (Lipinski definition) is 5. The number of amides is 1. The van der Waals surface area contributed by atoms with Crippen LogP contribution in [0.4, 0.5) is 0 Å². The number of aromatic hydroxyl groups is 1. The van der Waals surface area contributed by atoms with Crippen molar-refractivity contribution >= 4 is 5.91 Å². The molecule has 0 bridgehead atoms. The van der Waals surface area contributed by atoms with E-state index in [4.69, 9.17) is 9.84 Å². The zero-order valence-electron chi connectivity index (χ0n) is 12.3. The Morgan fingerprint density at radius 3 is 2.81 bits per heavy atom. The van der Waals surface area contributed by atoms with Crippen LogP contribution in [0.2, 0.25) is 0 Å². The standard InChI is InChI=1S/C15H22N2O4/c1-21-12-3-4-14(19)13(11-12)15(20)17-6-2-5-16(7-8-17)9-10-18/h3-4,11,18-19H,2,5-10H2,1H3. The number of ether oxygens (including phenoxy) is 1. The maximum Gasteiger partial charge on any atom is 0.257 e. The van der Waals surface area contributed by atoms with Gasteiger partial charge in [0.1, 0.15) is 11.5 Å². The Kier molecular flexibility index (Phi) is 5.41. The minimum absolute atomic E-state index is 0.0303. The third kappa shape index (κ3) is 3.86. The summed E-state index contributed by atoms with van der Waals surface area (Å²) in [5.41, 5.74) is 0.268. The number of benzene rings is 1. The third-order valence-corrected chi connectivity index (χ3v) is 3.73. The van der Waals surface area contributed by atoms with Crippen molar-refractivity contribution in [3.8, 4) is 11.5 Å². The van der Waals surface area contributed by atoms with Crippen molar-refractivity contribution in [3.05, 3.63) is 23.8 Å². The van der Waals surface area contributed by atoms with Crippen molar-refractivity contribution in [2.75, 3.05) is 46.4 Å². The summed E-state index contributed by atoms with van der Waals surface area (Å²) in [7, 11) is 1.53. The zero-order chi connectivity index (χ0) is 15.2. The average molecular weight is 294 g/mol. The molecule has 2 N–H and O–H groups in total. The monoisotopic (exact) mass is 294 g/mol. The van der Waals surface area contributed by atoms with Gasteiger partial charge in [-0.1, -0.05) is 0 Å². The maximum absolute atomic E-state index is 12.5. The highest BCUT2D eigenvalue weighted by Gasteiger charge is 2.22. The predicted octanol–water partition coefficient (Wildman–Crippen LogP) is 0.541. The number of phenolic OH excluding ortho intramolecular Hbond substituents is 1. The highest BCUT2D eigenvalue weighted by molar-refractivity contribution is 5.97. The van der Waals surface area contributed by atoms with E-state index in [1.54, 1.807) is 17.0 Å². The van der Waals surface area contributed by atoms with Crippen LogP contribution in [-0.2, 0) is 0 Å². The molecular formula is C15H22N2O4. The minimum Gasteiger partial charge on any atom is -0.507 e. The number of β-amino-alcohol motifs (C(OH)–C–C–N with tert-alkyl or cyclic N) is 1. The number of hydrogen-bond donors (Lipinski definition) is 2. The number of phenols is 1. The van der Waals surface area contributed by atoms with Gasteiger partial charge in [0, 0.05) is 26.2 Å². The molecule has 0 spiro atoms. The van der Waals surface area contributed by atoms with Crippen LogP contribution < -0.4 is 4.74 Å². The number of aliphatic hydroxyl groups excluding tert-OH is 1. The van der Waals surface area contributed by atoms with Crippen LogP contribution in [0.5, 0.6) is 11.5 Å². The second kappa shape index (κ2) is 7.28. The molecule has 1 amide bonds. The molecule has 1 aromatic rings. The van der Waals surface area contributed by atoms with Gasteiger partial charge in [-0.3, -0.25) is 9.69 Å². The van der Waals surface area contributed by atoms with E-state index in [1.165, 1.54) is 13.2 Å². The summed E-state index contributed by atoms with van der Waals surface area (Å²) >= 11 is 0. The van der Waals surface area contributed by atoms with Crippen LogP contribution in [-0.4, -0.2) is 72.4 Å². The van der Waals surface area contributed by atoms with Gasteiger partial charge in [-0.15, -0.1) is 0 Å². The van der Waals surface area contributed by atoms with Crippen LogP contribution >= 0.6 is 0 Å². The summed E-state index contributed by atoms with van der Waals surface area (Å²) in [5, 5.41) is 18.9. The molecule has 1 heterocycles. The van der Waals surface area contributed by atoms with E-state index in [0.717, 1.165) is 19.5 Å². The fourth-order valence-electron chi connectivity index (χ4n) is 2.52. The Morgan fingerprint density at radius 2 is 2.10 bits per heavy atom. The van der Waals surface area contributed by atoms with Crippen molar-refractivity contribution in [2.45, 2.75) is 6.42 Å². The van der Waals surface area contributed by atoms with Crippen molar-refractivity contribution in [1.29, 1.82) is 0 Å². The first-order chi connectivity index (χ1) is 10.2. The van der Waals surface area contributed by atoms with Crippen LogP contribution in [0.3, 0.4) is 0 Å². The lowest BCUT2D eigenvalue weighted by atomic mass is 10.1. The lowest BCUT2D eigenvalue weighted by Crippen LogP contribution is -2.36. The molecule has 2 rings (SSSR count). The fourth-order valence-corrected chi connectivity index (χ4v) is 2.52. The molecule has 1 saturated heterocycles. The molecule has 1 aliphatic rings. The first-order valence-corrected chi connectivity index (χ1v) is 7.15. The summed E-state index contributed by atoms with van der Waals surface area (Å²) in [4.78, 5) is 16.4. The Morgan fingerprint density at radius 1 is 1.29 bits per heavy atom. The number of carbonyl (C=O) groups is 1. The average Bonchev–Trinajstić information content (AvgIpc) is 2.73. The first-order valence-electron chi connectivity index (χ1n) is 7.15. The van der Waals surface area contributed by atoms with E-state index in [1.807, 2.05) is 0 Å². The summed E-state index contributed by atoms with van der Waals surface area (Å²) < 4.78 is 5.10. The minimum atomic E-state index is -0.183. The lowest BCUT2D eigenvalue weighted by molar-refractivity contribution is 0.0757. The second-order valence-corrected chi connectivity index (χ2v) is 5.09. The number of nitrogens with zero attached hydrogens (tertiary/aromatic N) is 2. The SMILES string of the molecule is COc1ccc(O)c(C(=O)N2CCCN(CCO)CC2)c1. The highest BCUT2D eigenvalue weighted by Crippen LogP contribution is 2.24.